The monoisotopic (exact) mass is 533 g/mol. The average Bonchev–Trinajstić information content (AvgIpc) is 3.30. The third-order valence-corrected chi connectivity index (χ3v) is 6.06. The van der Waals surface area contributed by atoms with Crippen molar-refractivity contribution in [3.05, 3.63) is 77.6 Å². The molecule has 0 fully saturated rings. The van der Waals surface area contributed by atoms with Gasteiger partial charge in [-0.25, -0.2) is 14.8 Å². The predicted molar refractivity (Wildman–Crippen MR) is 135 cm³/mol. The van der Waals surface area contributed by atoms with Gasteiger partial charge in [0.05, 0.1) is 33.0 Å². The van der Waals surface area contributed by atoms with Crippen molar-refractivity contribution in [2.45, 2.75) is 13.1 Å². The van der Waals surface area contributed by atoms with Crippen LogP contribution in [0.4, 0.5) is 34.5 Å². The van der Waals surface area contributed by atoms with Gasteiger partial charge in [0.2, 0.25) is 5.88 Å². The third kappa shape index (κ3) is 6.43. The van der Waals surface area contributed by atoms with E-state index < -0.39 is 17.8 Å². The van der Waals surface area contributed by atoms with Crippen LogP contribution < -0.4 is 20.7 Å². The van der Waals surface area contributed by atoms with Gasteiger partial charge in [-0.15, -0.1) is 0 Å². The SMILES string of the molecule is CCNc1ncc(-c2ccc(Oc3ccc(NC(=O)Nc4cc(C(F)(F)F)ccc4Cl)cn3)cc2)s1. The zero-order chi connectivity index (χ0) is 25.7. The summed E-state index contributed by atoms with van der Waals surface area (Å²) in [6, 6.07) is 12.4. The molecule has 0 aliphatic carbocycles. The second-order valence-corrected chi connectivity index (χ2v) is 8.78. The fraction of sp³-hybridized carbons (Fsp3) is 0.125. The molecule has 7 nitrogen and oxygen atoms in total. The van der Waals surface area contributed by atoms with Crippen LogP contribution in [0, 0.1) is 0 Å². The van der Waals surface area contributed by atoms with Crippen molar-refractivity contribution in [2.75, 3.05) is 22.5 Å². The van der Waals surface area contributed by atoms with Crippen LogP contribution in [0.3, 0.4) is 0 Å². The molecule has 0 aliphatic heterocycles. The Hall–Kier alpha value is -3.83. The zero-order valence-electron chi connectivity index (χ0n) is 18.7. The third-order valence-electron chi connectivity index (χ3n) is 4.73. The highest BCUT2D eigenvalue weighted by molar-refractivity contribution is 7.18. The van der Waals surface area contributed by atoms with Gasteiger partial charge >= 0.3 is 12.2 Å². The molecule has 4 aromatic rings. The van der Waals surface area contributed by atoms with Crippen molar-refractivity contribution in [2.24, 2.45) is 0 Å². The maximum absolute atomic E-state index is 12.9. The van der Waals surface area contributed by atoms with E-state index in [1.807, 2.05) is 37.4 Å². The first-order chi connectivity index (χ1) is 17.2. The van der Waals surface area contributed by atoms with Crippen LogP contribution >= 0.6 is 22.9 Å². The molecular formula is C24H19ClF3N5O2S. The van der Waals surface area contributed by atoms with E-state index in [2.05, 4.69) is 25.9 Å². The van der Waals surface area contributed by atoms with Crippen LogP contribution in [0.1, 0.15) is 12.5 Å². The molecule has 0 unspecified atom stereocenters. The number of hydrogen-bond acceptors (Lipinski definition) is 6. The number of benzene rings is 2. The van der Waals surface area contributed by atoms with E-state index in [0.29, 0.717) is 17.3 Å². The van der Waals surface area contributed by atoms with Gasteiger partial charge in [-0.3, -0.25) is 0 Å². The number of urea groups is 1. The van der Waals surface area contributed by atoms with Crippen LogP contribution in [0.25, 0.3) is 10.4 Å². The minimum atomic E-state index is -4.56. The number of aromatic nitrogens is 2. The Kier molecular flexibility index (Phi) is 7.61. The molecule has 2 heterocycles. The summed E-state index contributed by atoms with van der Waals surface area (Å²) in [5.74, 6) is 0.863. The molecule has 0 saturated carbocycles. The molecule has 2 aromatic heterocycles. The number of nitrogens with zero attached hydrogens (tertiary/aromatic N) is 2. The minimum absolute atomic E-state index is 0.0283. The molecule has 0 spiro atoms. The topological polar surface area (TPSA) is 88.2 Å². The molecule has 186 valence electrons. The number of thiazole rings is 1. The molecule has 0 bridgehead atoms. The standard InChI is InChI=1S/C24H19ClF3N5O2S/c1-2-29-23-31-13-20(36-23)14-3-7-17(8-4-14)35-21-10-6-16(12-30-21)32-22(34)33-19-11-15(24(26,27)28)5-9-18(19)25/h3-13H,2H2,1H3,(H,29,31)(H2,32,33,34). The Bertz CT molecular complexity index is 1350. The van der Waals surface area contributed by atoms with Crippen LogP contribution in [-0.4, -0.2) is 22.5 Å². The molecule has 0 saturated heterocycles. The van der Waals surface area contributed by atoms with Crippen molar-refractivity contribution in [1.29, 1.82) is 0 Å². The normalized spacial score (nSPS) is 11.1. The maximum atomic E-state index is 12.9. The summed E-state index contributed by atoms with van der Waals surface area (Å²) in [6.45, 7) is 2.81. The Morgan fingerprint density at radius 1 is 1.03 bits per heavy atom. The van der Waals surface area contributed by atoms with E-state index >= 15 is 0 Å². The van der Waals surface area contributed by atoms with Crippen LogP contribution in [0.15, 0.2) is 67.0 Å². The Morgan fingerprint density at radius 3 is 2.47 bits per heavy atom. The smallest absolute Gasteiger partial charge is 0.416 e. The summed E-state index contributed by atoms with van der Waals surface area (Å²) in [5.41, 5.74) is 0.212. The average molecular weight is 534 g/mol. The summed E-state index contributed by atoms with van der Waals surface area (Å²) in [7, 11) is 0. The summed E-state index contributed by atoms with van der Waals surface area (Å²) < 4.78 is 44.5. The molecule has 0 radical (unpaired) electrons. The highest BCUT2D eigenvalue weighted by Crippen LogP contribution is 2.34. The fourth-order valence-corrected chi connectivity index (χ4v) is 4.10. The number of rotatable bonds is 7. The van der Waals surface area contributed by atoms with Gasteiger partial charge in [0.25, 0.3) is 0 Å². The Labute approximate surface area is 213 Å². The van der Waals surface area contributed by atoms with Gasteiger partial charge in [-0.05, 0) is 61.0 Å². The Morgan fingerprint density at radius 2 is 1.81 bits per heavy atom. The number of anilines is 3. The van der Waals surface area contributed by atoms with E-state index in [1.165, 1.54) is 6.20 Å². The number of ether oxygens (including phenoxy) is 1. The molecular weight excluding hydrogens is 515 g/mol. The molecule has 0 aliphatic rings. The zero-order valence-corrected chi connectivity index (χ0v) is 20.3. The van der Waals surface area contributed by atoms with E-state index in [9.17, 15) is 18.0 Å². The number of alkyl halides is 3. The minimum Gasteiger partial charge on any atom is -0.439 e. The van der Waals surface area contributed by atoms with Crippen LogP contribution in [0.2, 0.25) is 5.02 Å². The maximum Gasteiger partial charge on any atom is 0.416 e. The van der Waals surface area contributed by atoms with Gasteiger partial charge < -0.3 is 20.7 Å². The molecule has 3 N–H and O–H groups in total. The van der Waals surface area contributed by atoms with Crippen molar-refractivity contribution in [1.82, 2.24) is 9.97 Å². The van der Waals surface area contributed by atoms with Gasteiger partial charge in [0, 0.05) is 18.8 Å². The summed E-state index contributed by atoms with van der Waals surface area (Å²) in [5, 5.41) is 8.80. The Balaban J connectivity index is 1.35. The van der Waals surface area contributed by atoms with Gasteiger partial charge in [-0.1, -0.05) is 22.9 Å². The van der Waals surface area contributed by atoms with Crippen molar-refractivity contribution < 1.29 is 22.7 Å². The molecule has 2 amide bonds. The number of hydrogen-bond donors (Lipinski definition) is 3. The number of halogens is 4. The number of carbonyl (C=O) groups excluding carboxylic acids is 1. The summed E-state index contributed by atoms with van der Waals surface area (Å²) >= 11 is 7.46. The molecule has 12 heteroatoms. The second-order valence-electron chi connectivity index (χ2n) is 7.34. The first-order valence-electron chi connectivity index (χ1n) is 10.6. The lowest BCUT2D eigenvalue weighted by Crippen LogP contribution is -2.20. The first kappa shape index (κ1) is 25.3. The van der Waals surface area contributed by atoms with Crippen LogP contribution in [-0.2, 0) is 6.18 Å². The van der Waals surface area contributed by atoms with Crippen molar-refractivity contribution in [3.63, 3.8) is 0 Å². The second kappa shape index (κ2) is 10.8. The largest absolute Gasteiger partial charge is 0.439 e. The van der Waals surface area contributed by atoms with Crippen molar-refractivity contribution in [3.8, 4) is 22.1 Å². The number of pyridine rings is 1. The lowest BCUT2D eigenvalue weighted by molar-refractivity contribution is -0.137. The number of amides is 2. The van der Waals surface area contributed by atoms with Gasteiger partial charge in [0.1, 0.15) is 5.75 Å². The highest BCUT2D eigenvalue weighted by Gasteiger charge is 2.31. The van der Waals surface area contributed by atoms with E-state index in [4.69, 9.17) is 16.3 Å². The molecule has 36 heavy (non-hydrogen) atoms. The lowest BCUT2D eigenvalue weighted by atomic mass is 10.2. The summed E-state index contributed by atoms with van der Waals surface area (Å²) in [4.78, 5) is 21.7. The molecule has 2 aromatic carbocycles. The number of carbonyl (C=O) groups is 1. The summed E-state index contributed by atoms with van der Waals surface area (Å²) in [6.07, 6.45) is -1.39. The van der Waals surface area contributed by atoms with E-state index in [0.717, 1.165) is 40.3 Å². The molecule has 4 rings (SSSR count). The van der Waals surface area contributed by atoms with E-state index in [1.54, 1.807) is 23.5 Å². The van der Waals surface area contributed by atoms with Gasteiger partial charge in [0.15, 0.2) is 5.13 Å². The number of nitrogens with one attached hydrogen (secondary N) is 3. The lowest BCUT2D eigenvalue weighted by Gasteiger charge is -2.12. The fourth-order valence-electron chi connectivity index (χ4n) is 3.05. The van der Waals surface area contributed by atoms with Gasteiger partial charge in [-0.2, -0.15) is 13.2 Å². The van der Waals surface area contributed by atoms with E-state index in [-0.39, 0.29) is 10.7 Å². The quantitative estimate of drug-likeness (QED) is 0.226. The first-order valence-corrected chi connectivity index (χ1v) is 11.8. The highest BCUT2D eigenvalue weighted by atomic mass is 35.5. The van der Waals surface area contributed by atoms with Crippen LogP contribution in [0.5, 0.6) is 11.6 Å². The molecule has 0 atom stereocenters. The predicted octanol–water partition coefficient (Wildman–Crippen LogP) is 7.75. The van der Waals surface area contributed by atoms with Crippen molar-refractivity contribution >= 4 is 45.5 Å².